The van der Waals surface area contributed by atoms with Crippen molar-refractivity contribution in [2.75, 3.05) is 17.9 Å². The molecule has 0 aliphatic rings. The van der Waals surface area contributed by atoms with E-state index in [1.165, 1.54) is 18.2 Å². The second kappa shape index (κ2) is 10.8. The molecule has 2 aromatic rings. The number of sulfonamides is 1. The molecule has 0 atom stereocenters. The standard InChI is InChI=1S/C22H27N3O6S/c1-14(2)12-23-22(28)24-20(26)13-31-21(27)19-11-18(9-8-16(19)4)32(29,30)25-17-7-5-6-15(3)10-17/h5-11,14,25H,12-13H2,1-4H3,(H2,23,24,26,28). The second-order valence-electron chi connectivity index (χ2n) is 7.68. The minimum atomic E-state index is -3.95. The van der Waals surface area contributed by atoms with Crippen molar-refractivity contribution < 1.29 is 27.5 Å². The number of hydrogen-bond donors (Lipinski definition) is 3. The fourth-order valence-electron chi connectivity index (χ4n) is 2.62. The number of hydrogen-bond acceptors (Lipinski definition) is 6. The third-order valence-corrected chi connectivity index (χ3v) is 5.65. The number of carbonyl (C=O) groups excluding carboxylic acids is 3. The second-order valence-corrected chi connectivity index (χ2v) is 9.36. The number of aryl methyl sites for hydroxylation is 2. The van der Waals surface area contributed by atoms with Crippen LogP contribution in [0.2, 0.25) is 0 Å². The summed E-state index contributed by atoms with van der Waals surface area (Å²) in [5.41, 5.74) is 1.74. The van der Waals surface area contributed by atoms with Crippen LogP contribution in [0.1, 0.15) is 35.3 Å². The number of amides is 3. The van der Waals surface area contributed by atoms with E-state index in [1.54, 1.807) is 25.1 Å². The SMILES string of the molecule is Cc1cccc(NS(=O)(=O)c2ccc(C)c(C(=O)OCC(=O)NC(=O)NCC(C)C)c2)c1. The highest BCUT2D eigenvalue weighted by molar-refractivity contribution is 7.92. The number of benzene rings is 2. The predicted molar refractivity (Wildman–Crippen MR) is 120 cm³/mol. The first-order valence-electron chi connectivity index (χ1n) is 9.93. The number of rotatable bonds is 8. The van der Waals surface area contributed by atoms with Crippen molar-refractivity contribution in [3.63, 3.8) is 0 Å². The zero-order valence-corrected chi connectivity index (χ0v) is 19.2. The molecule has 9 nitrogen and oxygen atoms in total. The van der Waals surface area contributed by atoms with Crippen molar-refractivity contribution in [3.05, 3.63) is 59.2 Å². The molecule has 0 saturated carbocycles. The average molecular weight is 462 g/mol. The van der Waals surface area contributed by atoms with Crippen molar-refractivity contribution >= 4 is 33.6 Å². The van der Waals surface area contributed by atoms with Gasteiger partial charge in [-0.05, 0) is 55.2 Å². The van der Waals surface area contributed by atoms with Gasteiger partial charge in [-0.1, -0.05) is 32.0 Å². The Balaban J connectivity index is 2.05. The van der Waals surface area contributed by atoms with Gasteiger partial charge in [-0.25, -0.2) is 18.0 Å². The van der Waals surface area contributed by atoms with Crippen LogP contribution in [0, 0.1) is 19.8 Å². The zero-order chi connectivity index (χ0) is 23.9. The molecule has 0 aliphatic heterocycles. The van der Waals surface area contributed by atoms with Gasteiger partial charge in [-0.3, -0.25) is 14.8 Å². The smallest absolute Gasteiger partial charge is 0.338 e. The first-order chi connectivity index (χ1) is 15.0. The van der Waals surface area contributed by atoms with E-state index in [9.17, 15) is 22.8 Å². The summed E-state index contributed by atoms with van der Waals surface area (Å²) in [6, 6.07) is 10.2. The van der Waals surface area contributed by atoms with Gasteiger partial charge < -0.3 is 10.1 Å². The topological polar surface area (TPSA) is 131 Å². The highest BCUT2D eigenvalue weighted by Gasteiger charge is 2.20. The number of anilines is 1. The van der Waals surface area contributed by atoms with E-state index in [-0.39, 0.29) is 16.4 Å². The number of esters is 1. The van der Waals surface area contributed by atoms with Crippen LogP contribution in [0.3, 0.4) is 0 Å². The molecule has 2 rings (SSSR count). The van der Waals surface area contributed by atoms with Gasteiger partial charge in [0.15, 0.2) is 6.61 Å². The van der Waals surface area contributed by atoms with Crippen LogP contribution < -0.4 is 15.4 Å². The fraction of sp³-hybridized carbons (Fsp3) is 0.318. The molecular weight excluding hydrogens is 434 g/mol. The lowest BCUT2D eigenvalue weighted by Crippen LogP contribution is -2.42. The van der Waals surface area contributed by atoms with E-state index in [0.717, 1.165) is 5.56 Å². The van der Waals surface area contributed by atoms with Gasteiger partial charge in [0.25, 0.3) is 15.9 Å². The molecule has 32 heavy (non-hydrogen) atoms. The fourth-order valence-corrected chi connectivity index (χ4v) is 3.70. The number of carbonyl (C=O) groups is 3. The number of urea groups is 1. The Morgan fingerprint density at radius 2 is 1.75 bits per heavy atom. The van der Waals surface area contributed by atoms with Gasteiger partial charge >= 0.3 is 12.0 Å². The summed E-state index contributed by atoms with van der Waals surface area (Å²) in [5, 5.41) is 4.56. The van der Waals surface area contributed by atoms with Crippen LogP contribution >= 0.6 is 0 Å². The Labute approximate surface area is 187 Å². The summed E-state index contributed by atoms with van der Waals surface area (Å²) < 4.78 is 32.9. The molecule has 0 fully saturated rings. The molecule has 0 bridgehead atoms. The first kappa shape index (κ1) is 24.9. The van der Waals surface area contributed by atoms with Crippen molar-refractivity contribution in [3.8, 4) is 0 Å². The van der Waals surface area contributed by atoms with Crippen molar-refractivity contribution in [2.45, 2.75) is 32.6 Å². The maximum Gasteiger partial charge on any atom is 0.338 e. The van der Waals surface area contributed by atoms with E-state index in [0.29, 0.717) is 17.8 Å². The number of nitrogens with one attached hydrogen (secondary N) is 3. The quantitative estimate of drug-likeness (QED) is 0.518. The van der Waals surface area contributed by atoms with E-state index in [2.05, 4.69) is 15.4 Å². The van der Waals surface area contributed by atoms with Crippen LogP contribution in [0.5, 0.6) is 0 Å². The van der Waals surface area contributed by atoms with Crippen molar-refractivity contribution in [1.82, 2.24) is 10.6 Å². The monoisotopic (exact) mass is 461 g/mol. The van der Waals surface area contributed by atoms with Gasteiger partial charge in [-0.15, -0.1) is 0 Å². The summed E-state index contributed by atoms with van der Waals surface area (Å²) >= 11 is 0. The Morgan fingerprint density at radius 3 is 2.41 bits per heavy atom. The molecule has 0 aliphatic carbocycles. The highest BCUT2D eigenvalue weighted by Crippen LogP contribution is 2.20. The van der Waals surface area contributed by atoms with Gasteiger partial charge in [0.1, 0.15) is 0 Å². The molecule has 3 amide bonds. The summed E-state index contributed by atoms with van der Waals surface area (Å²) in [6.07, 6.45) is 0. The Morgan fingerprint density at radius 1 is 1.03 bits per heavy atom. The molecule has 0 heterocycles. The molecule has 0 unspecified atom stereocenters. The molecule has 0 radical (unpaired) electrons. The van der Waals surface area contributed by atoms with Crippen LogP contribution in [-0.4, -0.2) is 39.5 Å². The minimum Gasteiger partial charge on any atom is -0.452 e. The number of imide groups is 1. The average Bonchev–Trinajstić information content (AvgIpc) is 2.70. The van der Waals surface area contributed by atoms with Gasteiger partial charge in [-0.2, -0.15) is 0 Å². The lowest BCUT2D eigenvalue weighted by Gasteiger charge is -2.12. The van der Waals surface area contributed by atoms with Crippen LogP contribution in [0.4, 0.5) is 10.5 Å². The van der Waals surface area contributed by atoms with Crippen LogP contribution in [-0.2, 0) is 19.6 Å². The third kappa shape index (κ3) is 7.38. The van der Waals surface area contributed by atoms with E-state index >= 15 is 0 Å². The van der Waals surface area contributed by atoms with Crippen LogP contribution in [0.25, 0.3) is 0 Å². The first-order valence-corrected chi connectivity index (χ1v) is 11.4. The Bertz CT molecular complexity index is 1110. The third-order valence-electron chi connectivity index (χ3n) is 4.27. The largest absolute Gasteiger partial charge is 0.452 e. The lowest BCUT2D eigenvalue weighted by molar-refractivity contribution is -0.123. The predicted octanol–water partition coefficient (Wildman–Crippen LogP) is 2.74. The normalized spacial score (nSPS) is 11.0. The molecule has 0 aromatic heterocycles. The maximum absolute atomic E-state index is 12.7. The molecule has 0 saturated heterocycles. The summed E-state index contributed by atoms with van der Waals surface area (Å²) in [4.78, 5) is 35.7. The van der Waals surface area contributed by atoms with Gasteiger partial charge in [0.2, 0.25) is 0 Å². The molecule has 10 heteroatoms. The van der Waals surface area contributed by atoms with Gasteiger partial charge in [0.05, 0.1) is 10.5 Å². The van der Waals surface area contributed by atoms with Crippen molar-refractivity contribution in [1.29, 1.82) is 0 Å². The van der Waals surface area contributed by atoms with Gasteiger partial charge in [0, 0.05) is 12.2 Å². The zero-order valence-electron chi connectivity index (χ0n) is 18.4. The van der Waals surface area contributed by atoms with E-state index in [1.807, 2.05) is 26.8 Å². The van der Waals surface area contributed by atoms with E-state index in [4.69, 9.17) is 4.74 Å². The molecule has 2 aromatic carbocycles. The van der Waals surface area contributed by atoms with Crippen molar-refractivity contribution in [2.24, 2.45) is 5.92 Å². The summed E-state index contributed by atoms with van der Waals surface area (Å²) in [5.74, 6) is -1.48. The molecular formula is C22H27N3O6S. The Hall–Kier alpha value is -3.40. The highest BCUT2D eigenvalue weighted by atomic mass is 32.2. The van der Waals surface area contributed by atoms with Crippen LogP contribution in [0.15, 0.2) is 47.4 Å². The minimum absolute atomic E-state index is 0.00539. The molecule has 0 spiro atoms. The maximum atomic E-state index is 12.7. The Kier molecular flexibility index (Phi) is 8.36. The summed E-state index contributed by atoms with van der Waals surface area (Å²) in [6.45, 7) is 6.94. The van der Waals surface area contributed by atoms with E-state index < -0.39 is 34.5 Å². The lowest BCUT2D eigenvalue weighted by atomic mass is 10.1. The molecule has 3 N–H and O–H groups in total. The number of ether oxygens (including phenoxy) is 1. The molecule has 172 valence electrons. The summed E-state index contributed by atoms with van der Waals surface area (Å²) in [7, 11) is -3.95.